The molecule has 2 nitrogen and oxygen atoms in total. The van der Waals surface area contributed by atoms with Gasteiger partial charge in [-0.05, 0) is 67.9 Å². The third-order valence-corrected chi connectivity index (χ3v) is 3.59. The van der Waals surface area contributed by atoms with Gasteiger partial charge >= 0.3 is 0 Å². The van der Waals surface area contributed by atoms with Crippen LogP contribution in [-0.4, -0.2) is 19.6 Å². The van der Waals surface area contributed by atoms with Crippen LogP contribution in [0.1, 0.15) is 50.3 Å². The molecule has 0 aromatic heterocycles. The highest BCUT2D eigenvalue weighted by Gasteiger charge is 2.14. The Kier molecular flexibility index (Phi) is 6.53. The lowest BCUT2D eigenvalue weighted by atomic mass is 9.85. The number of nitrogens with one attached hydrogen (secondary N) is 1. The van der Waals surface area contributed by atoms with E-state index in [1.165, 1.54) is 23.1 Å². The summed E-state index contributed by atoms with van der Waals surface area (Å²) in [5.41, 5.74) is 10.0. The van der Waals surface area contributed by atoms with Crippen LogP contribution in [0.2, 0.25) is 0 Å². The normalized spacial score (nSPS) is 11.8. The molecule has 0 saturated heterocycles. The Morgan fingerprint density at radius 2 is 1.84 bits per heavy atom. The van der Waals surface area contributed by atoms with E-state index < -0.39 is 0 Å². The number of hydrogen-bond acceptors (Lipinski definition) is 2. The van der Waals surface area contributed by atoms with E-state index in [-0.39, 0.29) is 5.41 Å². The minimum atomic E-state index is 0.233. The van der Waals surface area contributed by atoms with Crippen LogP contribution in [-0.2, 0) is 11.8 Å². The molecule has 3 N–H and O–H groups in total. The molecule has 1 rings (SSSR count). The summed E-state index contributed by atoms with van der Waals surface area (Å²) in [4.78, 5) is 0. The summed E-state index contributed by atoms with van der Waals surface area (Å²) in [6.07, 6.45) is 3.40. The summed E-state index contributed by atoms with van der Waals surface area (Å²) in [5, 5.41) is 3.50. The molecule has 0 saturated carbocycles. The van der Waals surface area contributed by atoms with Crippen LogP contribution in [0.3, 0.4) is 0 Å². The van der Waals surface area contributed by atoms with Crippen molar-refractivity contribution in [3.63, 3.8) is 0 Å². The molecule has 0 aliphatic rings. The molecule has 0 atom stereocenters. The van der Waals surface area contributed by atoms with Crippen LogP contribution in [0.5, 0.6) is 0 Å². The number of benzene rings is 1. The predicted molar refractivity (Wildman–Crippen MR) is 84.7 cm³/mol. The van der Waals surface area contributed by atoms with Crippen molar-refractivity contribution in [2.24, 2.45) is 5.73 Å². The summed E-state index contributed by atoms with van der Waals surface area (Å²) in [6.45, 7) is 11.9. The summed E-state index contributed by atoms with van der Waals surface area (Å²) in [6, 6.07) is 6.88. The van der Waals surface area contributed by atoms with E-state index in [1.807, 2.05) is 0 Å². The monoisotopic (exact) mass is 262 g/mol. The molecule has 0 aliphatic heterocycles. The molecule has 0 heterocycles. The molecule has 2 heteroatoms. The van der Waals surface area contributed by atoms with Crippen molar-refractivity contribution in [2.45, 2.75) is 52.4 Å². The number of rotatable bonds is 7. The molecule has 1 aromatic rings. The zero-order chi connectivity index (χ0) is 14.3. The predicted octanol–water partition coefficient (Wildman–Crippen LogP) is 3.16. The van der Waals surface area contributed by atoms with Crippen LogP contribution in [0, 0.1) is 6.92 Å². The van der Waals surface area contributed by atoms with E-state index in [4.69, 9.17) is 5.73 Å². The molecule has 0 bridgehead atoms. The van der Waals surface area contributed by atoms with E-state index in [1.54, 1.807) is 0 Å². The van der Waals surface area contributed by atoms with Crippen LogP contribution in [0.4, 0.5) is 0 Å². The summed E-state index contributed by atoms with van der Waals surface area (Å²) in [7, 11) is 0. The Bertz CT molecular complexity index is 377. The van der Waals surface area contributed by atoms with E-state index >= 15 is 0 Å². The Labute approximate surface area is 118 Å². The second kappa shape index (κ2) is 7.66. The molecule has 0 radical (unpaired) electrons. The maximum Gasteiger partial charge on any atom is -0.000825 e. The molecular formula is C17H30N2. The van der Waals surface area contributed by atoms with Gasteiger partial charge in [0.05, 0.1) is 0 Å². The van der Waals surface area contributed by atoms with Gasteiger partial charge in [-0.1, -0.05) is 39.0 Å². The highest BCUT2D eigenvalue weighted by Crippen LogP contribution is 2.24. The van der Waals surface area contributed by atoms with Gasteiger partial charge in [-0.2, -0.15) is 0 Å². The minimum Gasteiger partial charge on any atom is -0.330 e. The van der Waals surface area contributed by atoms with Crippen LogP contribution in [0.15, 0.2) is 18.2 Å². The molecule has 19 heavy (non-hydrogen) atoms. The fourth-order valence-corrected chi connectivity index (χ4v) is 2.15. The quantitative estimate of drug-likeness (QED) is 0.741. The van der Waals surface area contributed by atoms with Crippen molar-refractivity contribution in [1.82, 2.24) is 5.32 Å². The van der Waals surface area contributed by atoms with Gasteiger partial charge in [0.2, 0.25) is 0 Å². The number of unbranched alkanes of at least 4 members (excludes halogenated alkanes) is 1. The van der Waals surface area contributed by atoms with Gasteiger partial charge in [-0.25, -0.2) is 0 Å². The maximum absolute atomic E-state index is 5.48. The van der Waals surface area contributed by atoms with Crippen molar-refractivity contribution < 1.29 is 0 Å². The van der Waals surface area contributed by atoms with Crippen LogP contribution in [0.25, 0.3) is 0 Å². The van der Waals surface area contributed by atoms with Crippen LogP contribution >= 0.6 is 0 Å². The molecular weight excluding hydrogens is 232 g/mol. The third-order valence-electron chi connectivity index (χ3n) is 3.59. The summed E-state index contributed by atoms with van der Waals surface area (Å²) < 4.78 is 0. The zero-order valence-electron chi connectivity index (χ0n) is 13.1. The first-order valence-corrected chi connectivity index (χ1v) is 7.46. The highest BCUT2D eigenvalue weighted by atomic mass is 14.8. The first kappa shape index (κ1) is 16.2. The van der Waals surface area contributed by atoms with Gasteiger partial charge in [-0.3, -0.25) is 0 Å². The number of hydrogen-bond donors (Lipinski definition) is 2. The Morgan fingerprint density at radius 1 is 1.11 bits per heavy atom. The fraction of sp³-hybridized carbons (Fsp3) is 0.647. The molecule has 0 fully saturated rings. The van der Waals surface area contributed by atoms with Gasteiger partial charge in [0.15, 0.2) is 0 Å². The summed E-state index contributed by atoms with van der Waals surface area (Å²) >= 11 is 0. The smallest absolute Gasteiger partial charge is 0.000825 e. The van der Waals surface area contributed by atoms with E-state index in [0.29, 0.717) is 0 Å². The second-order valence-corrected chi connectivity index (χ2v) is 6.39. The number of aryl methyl sites for hydroxylation is 1. The largest absolute Gasteiger partial charge is 0.330 e. The van der Waals surface area contributed by atoms with Crippen LogP contribution < -0.4 is 11.1 Å². The van der Waals surface area contributed by atoms with E-state index in [2.05, 4.69) is 51.2 Å². The minimum absolute atomic E-state index is 0.233. The topological polar surface area (TPSA) is 38.0 Å². The lowest BCUT2D eigenvalue weighted by molar-refractivity contribution is 0.587. The fourth-order valence-electron chi connectivity index (χ4n) is 2.15. The molecule has 0 aliphatic carbocycles. The first-order chi connectivity index (χ1) is 8.95. The van der Waals surface area contributed by atoms with Crippen molar-refractivity contribution in [2.75, 3.05) is 19.6 Å². The molecule has 0 unspecified atom stereocenters. The highest BCUT2D eigenvalue weighted by molar-refractivity contribution is 5.34. The van der Waals surface area contributed by atoms with E-state index in [9.17, 15) is 0 Å². The van der Waals surface area contributed by atoms with Gasteiger partial charge < -0.3 is 11.1 Å². The molecule has 0 amide bonds. The molecule has 1 aromatic carbocycles. The van der Waals surface area contributed by atoms with Crippen molar-refractivity contribution in [1.29, 1.82) is 0 Å². The lowest BCUT2D eigenvalue weighted by Crippen LogP contribution is -2.20. The van der Waals surface area contributed by atoms with Gasteiger partial charge in [-0.15, -0.1) is 0 Å². The zero-order valence-corrected chi connectivity index (χ0v) is 13.1. The second-order valence-electron chi connectivity index (χ2n) is 6.39. The average molecular weight is 262 g/mol. The van der Waals surface area contributed by atoms with E-state index in [0.717, 1.165) is 32.5 Å². The SMILES string of the molecule is Cc1ccc(C(C)(C)C)cc1CCNCCCCN. The Morgan fingerprint density at radius 3 is 2.47 bits per heavy atom. The van der Waals surface area contributed by atoms with Crippen molar-refractivity contribution >= 4 is 0 Å². The average Bonchev–Trinajstić information content (AvgIpc) is 2.34. The number of nitrogens with two attached hydrogens (primary N) is 1. The van der Waals surface area contributed by atoms with Gasteiger partial charge in [0, 0.05) is 0 Å². The lowest BCUT2D eigenvalue weighted by Gasteiger charge is -2.21. The third kappa shape index (κ3) is 5.75. The molecule has 108 valence electrons. The molecule has 0 spiro atoms. The van der Waals surface area contributed by atoms with Gasteiger partial charge in [0.25, 0.3) is 0 Å². The standard InChI is InChI=1S/C17H30N2/c1-14-7-8-16(17(2,3)4)13-15(14)9-12-19-11-6-5-10-18/h7-8,13,19H,5-6,9-12,18H2,1-4H3. The Hall–Kier alpha value is -0.860. The van der Waals surface area contributed by atoms with Crippen molar-refractivity contribution in [3.8, 4) is 0 Å². The maximum atomic E-state index is 5.48. The van der Waals surface area contributed by atoms with Crippen molar-refractivity contribution in [3.05, 3.63) is 34.9 Å². The summed E-state index contributed by atoms with van der Waals surface area (Å²) in [5.74, 6) is 0. The first-order valence-electron chi connectivity index (χ1n) is 7.46. The van der Waals surface area contributed by atoms with Gasteiger partial charge in [0.1, 0.15) is 0 Å². The Balaban J connectivity index is 2.49.